The highest BCUT2D eigenvalue weighted by atomic mass is 32.1. The topological polar surface area (TPSA) is 150 Å². The molecule has 5 rings (SSSR count). The second-order valence-electron chi connectivity index (χ2n) is 9.62. The smallest absolute Gasteiger partial charge is 0.270 e. The number of nitro benzene ring substituents is 1. The Balaban J connectivity index is 1.27. The van der Waals surface area contributed by atoms with Gasteiger partial charge >= 0.3 is 0 Å². The molecule has 0 fully saturated rings. The molecule has 4 aromatic rings. The molecule has 0 aliphatic carbocycles. The Labute approximate surface area is 245 Å². The maximum absolute atomic E-state index is 12.6. The molecule has 0 spiro atoms. The van der Waals surface area contributed by atoms with Crippen LogP contribution in [0.25, 0.3) is 10.9 Å². The van der Waals surface area contributed by atoms with Gasteiger partial charge in [-0.05, 0) is 67.7 Å². The van der Waals surface area contributed by atoms with Crippen molar-refractivity contribution in [3.05, 3.63) is 81.9 Å². The number of nitrogens with one attached hydrogen (secondary N) is 1. The highest BCUT2D eigenvalue weighted by Crippen LogP contribution is 2.36. The Kier molecular flexibility index (Phi) is 8.29. The SMILES string of the molecule is CCN(CCCCN1C(=O)c2ccccc2C1=O)c1ccc(N=Nc2snc3ccc([N+](=O)[O-])cc23)c(NC(C)=O)c1. The predicted molar refractivity (Wildman–Crippen MR) is 160 cm³/mol. The first-order valence-electron chi connectivity index (χ1n) is 13.3. The number of rotatable bonds is 11. The molecule has 1 aliphatic rings. The van der Waals surface area contributed by atoms with Crippen LogP contribution in [0.2, 0.25) is 0 Å². The summed E-state index contributed by atoms with van der Waals surface area (Å²) in [5.41, 5.74) is 3.16. The fraction of sp³-hybridized carbons (Fsp3) is 0.241. The molecule has 0 radical (unpaired) electrons. The third-order valence-corrected chi connectivity index (χ3v) is 7.64. The second kappa shape index (κ2) is 12.2. The number of imide groups is 1. The van der Waals surface area contributed by atoms with E-state index < -0.39 is 4.92 Å². The van der Waals surface area contributed by atoms with E-state index in [-0.39, 0.29) is 23.4 Å². The first-order valence-corrected chi connectivity index (χ1v) is 14.1. The van der Waals surface area contributed by atoms with Crippen molar-refractivity contribution in [1.29, 1.82) is 0 Å². The fourth-order valence-electron chi connectivity index (χ4n) is 4.78. The maximum atomic E-state index is 12.6. The van der Waals surface area contributed by atoms with Crippen molar-refractivity contribution in [2.75, 3.05) is 29.9 Å². The zero-order valence-corrected chi connectivity index (χ0v) is 23.8. The van der Waals surface area contributed by atoms with Crippen LogP contribution in [0.5, 0.6) is 0 Å². The normalized spacial score (nSPS) is 12.8. The Morgan fingerprint density at radius 2 is 1.79 bits per heavy atom. The van der Waals surface area contributed by atoms with Crippen LogP contribution in [0.3, 0.4) is 0 Å². The van der Waals surface area contributed by atoms with Gasteiger partial charge in [0.1, 0.15) is 5.69 Å². The van der Waals surface area contributed by atoms with Crippen LogP contribution in [0.1, 0.15) is 47.4 Å². The van der Waals surface area contributed by atoms with Gasteiger partial charge in [-0.1, -0.05) is 12.1 Å². The Morgan fingerprint density at radius 3 is 2.45 bits per heavy atom. The van der Waals surface area contributed by atoms with Gasteiger partial charge in [-0.15, -0.1) is 10.2 Å². The third-order valence-electron chi connectivity index (χ3n) is 6.88. The summed E-state index contributed by atoms with van der Waals surface area (Å²) >= 11 is 1.08. The number of aromatic nitrogens is 1. The van der Waals surface area contributed by atoms with E-state index in [1.165, 1.54) is 24.0 Å². The van der Waals surface area contributed by atoms with E-state index in [0.717, 1.165) is 23.6 Å². The van der Waals surface area contributed by atoms with E-state index in [0.29, 0.717) is 64.5 Å². The molecule has 214 valence electrons. The molecule has 0 atom stereocenters. The van der Waals surface area contributed by atoms with Crippen LogP contribution in [-0.2, 0) is 4.79 Å². The number of azo groups is 1. The lowest BCUT2D eigenvalue weighted by atomic mass is 10.1. The summed E-state index contributed by atoms with van der Waals surface area (Å²) in [6, 6.07) is 16.7. The van der Waals surface area contributed by atoms with Crippen molar-refractivity contribution in [2.45, 2.75) is 26.7 Å². The van der Waals surface area contributed by atoms with E-state index in [4.69, 9.17) is 0 Å². The van der Waals surface area contributed by atoms with Gasteiger partial charge in [0.05, 0.1) is 27.3 Å². The minimum Gasteiger partial charge on any atom is -0.372 e. The summed E-state index contributed by atoms with van der Waals surface area (Å²) in [4.78, 5) is 51.4. The molecule has 1 aromatic heterocycles. The van der Waals surface area contributed by atoms with Gasteiger partial charge in [0.25, 0.3) is 17.5 Å². The number of amides is 3. The number of unbranched alkanes of at least 4 members (excludes halogenated alkanes) is 1. The van der Waals surface area contributed by atoms with Gasteiger partial charge in [-0.25, -0.2) is 0 Å². The number of benzene rings is 3. The zero-order valence-electron chi connectivity index (χ0n) is 22.9. The van der Waals surface area contributed by atoms with E-state index in [9.17, 15) is 24.5 Å². The van der Waals surface area contributed by atoms with Gasteiger partial charge < -0.3 is 10.2 Å². The van der Waals surface area contributed by atoms with Gasteiger partial charge in [0.15, 0.2) is 5.00 Å². The number of nitrogens with zero attached hydrogens (tertiary/aromatic N) is 6. The van der Waals surface area contributed by atoms with E-state index in [1.54, 1.807) is 36.4 Å². The fourth-order valence-corrected chi connectivity index (χ4v) is 5.47. The number of hydrogen-bond donors (Lipinski definition) is 1. The predicted octanol–water partition coefficient (Wildman–Crippen LogP) is 6.48. The number of carbonyl (C=O) groups is 3. The Bertz CT molecular complexity index is 1700. The maximum Gasteiger partial charge on any atom is 0.270 e. The minimum atomic E-state index is -0.477. The lowest BCUT2D eigenvalue weighted by Crippen LogP contribution is -2.31. The third kappa shape index (κ3) is 5.86. The molecule has 1 N–H and O–H groups in total. The van der Waals surface area contributed by atoms with E-state index >= 15 is 0 Å². The van der Waals surface area contributed by atoms with Gasteiger partial charge in [-0.3, -0.25) is 29.4 Å². The molecule has 42 heavy (non-hydrogen) atoms. The summed E-state index contributed by atoms with van der Waals surface area (Å²) in [5, 5.41) is 23.5. The second-order valence-corrected chi connectivity index (χ2v) is 10.4. The van der Waals surface area contributed by atoms with Crippen LogP contribution in [0, 0.1) is 10.1 Å². The average Bonchev–Trinajstić information content (AvgIpc) is 3.49. The van der Waals surface area contributed by atoms with Gasteiger partial charge in [0.2, 0.25) is 5.91 Å². The van der Waals surface area contributed by atoms with Crippen molar-refractivity contribution >= 4 is 67.9 Å². The summed E-state index contributed by atoms with van der Waals surface area (Å²) in [6.45, 7) is 5.13. The largest absolute Gasteiger partial charge is 0.372 e. The number of nitro groups is 1. The summed E-state index contributed by atoms with van der Waals surface area (Å²) in [7, 11) is 0. The Morgan fingerprint density at radius 1 is 1.05 bits per heavy atom. The van der Waals surface area contributed by atoms with Crippen molar-refractivity contribution in [1.82, 2.24) is 9.27 Å². The highest BCUT2D eigenvalue weighted by Gasteiger charge is 2.34. The van der Waals surface area contributed by atoms with Crippen molar-refractivity contribution in [3.8, 4) is 0 Å². The average molecular weight is 586 g/mol. The highest BCUT2D eigenvalue weighted by molar-refractivity contribution is 7.11. The first kappa shape index (κ1) is 28.5. The zero-order chi connectivity index (χ0) is 29.8. The van der Waals surface area contributed by atoms with Gasteiger partial charge in [0, 0.05) is 49.8 Å². The number of non-ortho nitro benzene ring substituents is 1. The lowest BCUT2D eigenvalue weighted by Gasteiger charge is -2.24. The molecular formula is C29H27N7O5S. The molecular weight excluding hydrogens is 558 g/mol. The van der Waals surface area contributed by atoms with Crippen LogP contribution in [-0.4, -0.2) is 51.6 Å². The standard InChI is InChI=1S/C29H27N7O5S/c1-3-34(14-6-7-15-35-28(38)21-8-4-5-9-22(21)29(35)39)19-10-13-25(26(17-19)30-18(2)37)31-32-27-23-16-20(36(40)41)11-12-24(23)33-42-27/h4-5,8-13,16-17H,3,6-7,14-15H2,1-2H3,(H,30,37). The quantitative estimate of drug-likeness (QED) is 0.0695. The number of fused-ring (bicyclic) bond motifs is 2. The lowest BCUT2D eigenvalue weighted by molar-refractivity contribution is -0.384. The Hall–Kier alpha value is -5.04. The molecule has 13 heteroatoms. The number of carbonyl (C=O) groups excluding carboxylic acids is 3. The van der Waals surface area contributed by atoms with Crippen LogP contribution < -0.4 is 10.2 Å². The minimum absolute atomic E-state index is 0.0641. The monoisotopic (exact) mass is 585 g/mol. The molecule has 12 nitrogen and oxygen atoms in total. The van der Waals surface area contributed by atoms with E-state index in [2.05, 4.69) is 24.8 Å². The number of anilines is 2. The molecule has 3 aromatic carbocycles. The summed E-state index contributed by atoms with van der Waals surface area (Å²) in [6.07, 6.45) is 1.39. The molecule has 0 saturated heterocycles. The molecule has 0 saturated carbocycles. The summed E-state index contributed by atoms with van der Waals surface area (Å²) in [5.74, 6) is -0.777. The number of hydrogen-bond acceptors (Lipinski definition) is 10. The first-order chi connectivity index (χ1) is 20.3. The molecule has 0 bridgehead atoms. The molecule has 1 aliphatic heterocycles. The molecule has 2 heterocycles. The van der Waals surface area contributed by atoms with Crippen molar-refractivity contribution < 1.29 is 19.3 Å². The van der Waals surface area contributed by atoms with Crippen molar-refractivity contribution in [2.24, 2.45) is 10.2 Å². The molecule has 0 unspecified atom stereocenters. The van der Waals surface area contributed by atoms with Crippen LogP contribution in [0.15, 0.2) is 70.9 Å². The van der Waals surface area contributed by atoms with Gasteiger partial charge in [-0.2, -0.15) is 4.37 Å². The summed E-state index contributed by atoms with van der Waals surface area (Å²) < 4.78 is 4.28. The molecule has 3 amide bonds. The van der Waals surface area contributed by atoms with Crippen LogP contribution >= 0.6 is 11.5 Å². The van der Waals surface area contributed by atoms with Crippen molar-refractivity contribution in [3.63, 3.8) is 0 Å². The van der Waals surface area contributed by atoms with Crippen LogP contribution in [0.4, 0.5) is 27.8 Å². The van der Waals surface area contributed by atoms with E-state index in [1.807, 2.05) is 19.1 Å².